The number of hydrogen-bond acceptors (Lipinski definition) is 3. The monoisotopic (exact) mass is 406 g/mol. The minimum absolute atomic E-state index is 0.0990. The van der Waals surface area contributed by atoms with Gasteiger partial charge in [0.05, 0.1) is 21.5 Å². The summed E-state index contributed by atoms with van der Waals surface area (Å²) in [6, 6.07) is 11.9. The van der Waals surface area contributed by atoms with Crippen LogP contribution in [0.5, 0.6) is 0 Å². The molecule has 1 amide bonds. The number of halogens is 1. The molecule has 5 nitrogen and oxygen atoms in total. The standard InChI is InChI=1S/C20H23ClN2O3S/c1-14-5-7-16(8-6-14)15(2)22-20(24)18-13-17(9-10-19(18)21)27(25,26)23-11-3-4-12-23/h5-10,13,15H,3-4,11-12H2,1-2H3,(H,22,24)/t15-/m0/s1. The second kappa shape index (κ2) is 8.00. The van der Waals surface area contributed by atoms with Crippen LogP contribution in [0.25, 0.3) is 0 Å². The minimum atomic E-state index is -3.60. The average molecular weight is 407 g/mol. The van der Waals surface area contributed by atoms with Crippen LogP contribution >= 0.6 is 11.6 Å². The smallest absolute Gasteiger partial charge is 0.253 e. The Hall–Kier alpha value is -1.89. The number of carbonyl (C=O) groups excluding carboxylic acids is 1. The van der Waals surface area contributed by atoms with Gasteiger partial charge in [-0.25, -0.2) is 8.42 Å². The molecular formula is C20H23ClN2O3S. The third kappa shape index (κ3) is 4.34. The highest BCUT2D eigenvalue weighted by atomic mass is 35.5. The molecule has 0 aromatic heterocycles. The summed E-state index contributed by atoms with van der Waals surface area (Å²) in [6.07, 6.45) is 1.71. The van der Waals surface area contributed by atoms with Gasteiger partial charge in [-0.2, -0.15) is 4.31 Å². The molecule has 0 unspecified atom stereocenters. The Morgan fingerprint density at radius 1 is 1.11 bits per heavy atom. The first kappa shape index (κ1) is 19.9. The lowest BCUT2D eigenvalue weighted by Crippen LogP contribution is -2.29. The summed E-state index contributed by atoms with van der Waals surface area (Å²) in [7, 11) is -3.60. The highest BCUT2D eigenvalue weighted by Crippen LogP contribution is 2.26. The van der Waals surface area contributed by atoms with Crippen molar-refractivity contribution in [3.05, 3.63) is 64.2 Å². The van der Waals surface area contributed by atoms with Crippen LogP contribution in [0.4, 0.5) is 0 Å². The van der Waals surface area contributed by atoms with Crippen molar-refractivity contribution in [2.75, 3.05) is 13.1 Å². The van der Waals surface area contributed by atoms with Gasteiger partial charge in [0.2, 0.25) is 10.0 Å². The van der Waals surface area contributed by atoms with Crippen molar-refractivity contribution in [3.8, 4) is 0 Å². The Morgan fingerprint density at radius 2 is 1.74 bits per heavy atom. The maximum atomic E-state index is 12.7. The van der Waals surface area contributed by atoms with Gasteiger partial charge in [-0.1, -0.05) is 41.4 Å². The van der Waals surface area contributed by atoms with Gasteiger partial charge >= 0.3 is 0 Å². The minimum Gasteiger partial charge on any atom is -0.345 e. The van der Waals surface area contributed by atoms with E-state index in [1.54, 1.807) is 0 Å². The first-order chi connectivity index (χ1) is 12.8. The first-order valence-electron chi connectivity index (χ1n) is 8.96. The zero-order valence-corrected chi connectivity index (χ0v) is 17.0. The summed E-state index contributed by atoms with van der Waals surface area (Å²) in [5.74, 6) is -0.397. The molecule has 1 aliphatic heterocycles. The van der Waals surface area contributed by atoms with E-state index in [4.69, 9.17) is 11.6 Å². The van der Waals surface area contributed by atoms with Gasteiger partial charge in [0.1, 0.15) is 0 Å². The largest absolute Gasteiger partial charge is 0.345 e. The Bertz CT molecular complexity index is 936. The molecule has 1 heterocycles. The van der Waals surface area contributed by atoms with E-state index in [9.17, 15) is 13.2 Å². The van der Waals surface area contributed by atoms with Crippen molar-refractivity contribution in [3.63, 3.8) is 0 Å². The van der Waals surface area contributed by atoms with Gasteiger partial charge in [0.25, 0.3) is 5.91 Å². The van der Waals surface area contributed by atoms with E-state index >= 15 is 0 Å². The SMILES string of the molecule is Cc1ccc([C@H](C)NC(=O)c2cc(S(=O)(=O)N3CCCC3)ccc2Cl)cc1. The van der Waals surface area contributed by atoms with Crippen LogP contribution in [0.3, 0.4) is 0 Å². The Morgan fingerprint density at radius 3 is 2.37 bits per heavy atom. The van der Waals surface area contributed by atoms with Gasteiger partial charge in [-0.3, -0.25) is 4.79 Å². The molecular weight excluding hydrogens is 384 g/mol. The number of nitrogens with one attached hydrogen (secondary N) is 1. The fourth-order valence-electron chi connectivity index (χ4n) is 3.13. The van der Waals surface area contributed by atoms with Crippen molar-refractivity contribution in [1.82, 2.24) is 9.62 Å². The highest BCUT2D eigenvalue weighted by molar-refractivity contribution is 7.89. The van der Waals surface area contributed by atoms with Crippen molar-refractivity contribution in [2.24, 2.45) is 0 Å². The van der Waals surface area contributed by atoms with Gasteiger partial charge in [0.15, 0.2) is 0 Å². The molecule has 1 atom stereocenters. The van der Waals surface area contributed by atoms with Crippen LogP contribution in [0.1, 0.15) is 47.3 Å². The second-order valence-corrected chi connectivity index (χ2v) is 9.20. The van der Waals surface area contributed by atoms with Crippen LogP contribution in [-0.4, -0.2) is 31.7 Å². The van der Waals surface area contributed by atoms with Crippen molar-refractivity contribution in [1.29, 1.82) is 0 Å². The lowest BCUT2D eigenvalue weighted by molar-refractivity contribution is 0.0940. The van der Waals surface area contributed by atoms with E-state index in [2.05, 4.69) is 5.32 Å². The van der Waals surface area contributed by atoms with Crippen molar-refractivity contribution >= 4 is 27.5 Å². The number of sulfonamides is 1. The van der Waals surface area contributed by atoms with Gasteiger partial charge in [0, 0.05) is 13.1 Å². The maximum Gasteiger partial charge on any atom is 0.253 e. The molecule has 3 rings (SSSR count). The fourth-order valence-corrected chi connectivity index (χ4v) is 4.88. The quantitative estimate of drug-likeness (QED) is 0.818. The number of rotatable bonds is 5. The van der Waals surface area contributed by atoms with Gasteiger partial charge in [-0.15, -0.1) is 0 Å². The Balaban J connectivity index is 1.83. The third-order valence-corrected chi connectivity index (χ3v) is 7.03. The number of aryl methyl sites for hydroxylation is 1. The molecule has 0 spiro atoms. The molecule has 1 aliphatic rings. The van der Waals surface area contributed by atoms with Gasteiger partial charge < -0.3 is 5.32 Å². The summed E-state index contributed by atoms with van der Waals surface area (Å²) in [4.78, 5) is 12.8. The molecule has 0 aliphatic carbocycles. The lowest BCUT2D eigenvalue weighted by Gasteiger charge is -2.18. The zero-order chi connectivity index (χ0) is 19.6. The fraction of sp³-hybridized carbons (Fsp3) is 0.350. The molecule has 1 fully saturated rings. The number of carbonyl (C=O) groups is 1. The van der Waals surface area contributed by atoms with E-state index in [1.165, 1.54) is 22.5 Å². The highest BCUT2D eigenvalue weighted by Gasteiger charge is 2.28. The molecule has 7 heteroatoms. The normalized spacial score (nSPS) is 16.3. The van der Waals surface area contributed by atoms with E-state index in [0.29, 0.717) is 13.1 Å². The van der Waals surface area contributed by atoms with Crippen molar-refractivity contribution < 1.29 is 13.2 Å². The van der Waals surface area contributed by atoms with Crippen LogP contribution in [-0.2, 0) is 10.0 Å². The number of amides is 1. The Labute approximate surface area is 165 Å². The molecule has 27 heavy (non-hydrogen) atoms. The van der Waals surface area contributed by atoms with Crippen LogP contribution in [0.2, 0.25) is 5.02 Å². The van der Waals surface area contributed by atoms with E-state index in [0.717, 1.165) is 24.0 Å². The third-order valence-electron chi connectivity index (χ3n) is 4.81. The van der Waals surface area contributed by atoms with E-state index < -0.39 is 15.9 Å². The molecule has 2 aromatic rings. The maximum absolute atomic E-state index is 12.7. The molecule has 0 saturated carbocycles. The summed E-state index contributed by atoms with van der Waals surface area (Å²) in [5, 5.41) is 3.12. The molecule has 2 aromatic carbocycles. The first-order valence-corrected chi connectivity index (χ1v) is 10.8. The Kier molecular flexibility index (Phi) is 5.89. The number of hydrogen-bond donors (Lipinski definition) is 1. The van der Waals surface area contributed by atoms with Crippen LogP contribution in [0.15, 0.2) is 47.4 Å². The summed E-state index contributed by atoms with van der Waals surface area (Å²) >= 11 is 6.18. The summed E-state index contributed by atoms with van der Waals surface area (Å²) in [5.41, 5.74) is 2.27. The number of benzene rings is 2. The predicted molar refractivity (Wildman–Crippen MR) is 107 cm³/mol. The lowest BCUT2D eigenvalue weighted by atomic mass is 10.1. The topological polar surface area (TPSA) is 66.5 Å². The number of nitrogens with zero attached hydrogens (tertiary/aromatic N) is 1. The van der Waals surface area contributed by atoms with E-state index in [-0.39, 0.29) is 21.5 Å². The van der Waals surface area contributed by atoms with Crippen LogP contribution < -0.4 is 5.32 Å². The zero-order valence-electron chi connectivity index (χ0n) is 15.4. The molecule has 0 radical (unpaired) electrons. The van der Waals surface area contributed by atoms with E-state index in [1.807, 2.05) is 38.1 Å². The van der Waals surface area contributed by atoms with Crippen molar-refractivity contribution in [2.45, 2.75) is 37.6 Å². The molecule has 1 saturated heterocycles. The second-order valence-electron chi connectivity index (χ2n) is 6.86. The predicted octanol–water partition coefficient (Wildman–Crippen LogP) is 3.92. The summed E-state index contributed by atoms with van der Waals surface area (Å²) < 4.78 is 26.9. The summed E-state index contributed by atoms with van der Waals surface area (Å²) in [6.45, 7) is 4.90. The van der Waals surface area contributed by atoms with Gasteiger partial charge in [-0.05, 0) is 50.5 Å². The molecule has 0 bridgehead atoms. The van der Waals surface area contributed by atoms with Crippen LogP contribution in [0, 0.1) is 6.92 Å². The molecule has 1 N–H and O–H groups in total. The average Bonchev–Trinajstić information content (AvgIpc) is 3.18. The molecule has 144 valence electrons.